The summed E-state index contributed by atoms with van der Waals surface area (Å²) in [6.45, 7) is 12.8. The van der Waals surface area contributed by atoms with Gasteiger partial charge in [-0.15, -0.1) is 0 Å². The van der Waals surface area contributed by atoms with Crippen LogP contribution in [0.15, 0.2) is 0 Å². The summed E-state index contributed by atoms with van der Waals surface area (Å²) in [5.41, 5.74) is -0.586. The lowest BCUT2D eigenvalue weighted by Crippen LogP contribution is -2.68. The van der Waals surface area contributed by atoms with Crippen LogP contribution in [0.2, 0.25) is 0 Å². The Labute approximate surface area is 116 Å². The third-order valence-corrected chi connectivity index (χ3v) is 3.76. The van der Waals surface area contributed by atoms with Gasteiger partial charge in [0.1, 0.15) is 11.6 Å². The van der Waals surface area contributed by atoms with Crippen molar-refractivity contribution in [3.63, 3.8) is 0 Å². The summed E-state index contributed by atoms with van der Waals surface area (Å²) in [5, 5.41) is 2.85. The van der Waals surface area contributed by atoms with E-state index in [2.05, 4.69) is 26.1 Å². The largest absolute Gasteiger partial charge is 0.342 e. The van der Waals surface area contributed by atoms with Gasteiger partial charge in [-0.1, -0.05) is 34.1 Å². The lowest BCUT2D eigenvalue weighted by atomic mass is 9.89. The van der Waals surface area contributed by atoms with Crippen LogP contribution < -0.4 is 5.32 Å². The number of hydrogen-bond donors (Lipinski definition) is 1. The maximum Gasteiger partial charge on any atom is 0.246 e. The minimum absolute atomic E-state index is 0.0422. The van der Waals surface area contributed by atoms with Crippen molar-refractivity contribution in [1.29, 1.82) is 0 Å². The van der Waals surface area contributed by atoms with E-state index < -0.39 is 5.54 Å². The van der Waals surface area contributed by atoms with E-state index in [0.717, 1.165) is 12.8 Å². The van der Waals surface area contributed by atoms with E-state index in [1.165, 1.54) is 0 Å². The van der Waals surface area contributed by atoms with E-state index in [-0.39, 0.29) is 23.3 Å². The SMILES string of the molecule is CCCC1NC(=O)C(C)(C)N(CCC(C)(C)C)C1=O. The molecule has 0 radical (unpaired) electrons. The topological polar surface area (TPSA) is 49.4 Å². The van der Waals surface area contributed by atoms with E-state index >= 15 is 0 Å². The number of carbonyl (C=O) groups excluding carboxylic acids is 2. The summed E-state index contributed by atoms with van der Waals surface area (Å²) < 4.78 is 0. The molecule has 4 nitrogen and oxygen atoms in total. The number of rotatable bonds is 4. The molecule has 1 aliphatic rings. The first-order chi connectivity index (χ1) is 8.59. The van der Waals surface area contributed by atoms with Crippen LogP contribution in [-0.4, -0.2) is 34.8 Å². The van der Waals surface area contributed by atoms with Gasteiger partial charge in [0.2, 0.25) is 11.8 Å². The van der Waals surface area contributed by atoms with E-state index in [0.29, 0.717) is 13.0 Å². The number of hydrogen-bond acceptors (Lipinski definition) is 2. The first-order valence-corrected chi connectivity index (χ1v) is 7.22. The number of piperazine rings is 1. The molecule has 19 heavy (non-hydrogen) atoms. The third kappa shape index (κ3) is 3.71. The smallest absolute Gasteiger partial charge is 0.246 e. The molecule has 1 N–H and O–H groups in total. The molecule has 1 aliphatic heterocycles. The van der Waals surface area contributed by atoms with E-state index in [1.807, 2.05) is 20.8 Å². The van der Waals surface area contributed by atoms with Crippen molar-refractivity contribution in [2.24, 2.45) is 5.41 Å². The fourth-order valence-electron chi connectivity index (χ4n) is 2.30. The Bertz CT molecular complexity index is 356. The average molecular weight is 268 g/mol. The molecule has 0 aromatic heterocycles. The number of amides is 2. The lowest BCUT2D eigenvalue weighted by Gasteiger charge is -2.45. The minimum Gasteiger partial charge on any atom is -0.342 e. The van der Waals surface area contributed by atoms with Crippen LogP contribution in [0, 0.1) is 5.41 Å². The predicted octanol–water partition coefficient (Wildman–Crippen LogP) is 2.33. The van der Waals surface area contributed by atoms with Gasteiger partial charge in [0.05, 0.1) is 0 Å². The second-order valence-electron chi connectivity index (χ2n) is 7.17. The van der Waals surface area contributed by atoms with E-state index in [4.69, 9.17) is 0 Å². The second kappa shape index (κ2) is 5.51. The molecule has 1 heterocycles. The van der Waals surface area contributed by atoms with Gasteiger partial charge in [-0.2, -0.15) is 0 Å². The van der Waals surface area contributed by atoms with E-state index in [1.54, 1.807) is 4.90 Å². The molecule has 4 heteroatoms. The van der Waals surface area contributed by atoms with Crippen molar-refractivity contribution in [3.05, 3.63) is 0 Å². The molecule has 110 valence electrons. The molecule has 0 bridgehead atoms. The van der Waals surface area contributed by atoms with Gasteiger partial charge >= 0.3 is 0 Å². The van der Waals surface area contributed by atoms with Crippen molar-refractivity contribution in [2.45, 2.75) is 72.4 Å². The Hall–Kier alpha value is -1.06. The van der Waals surface area contributed by atoms with Gasteiger partial charge in [0, 0.05) is 6.54 Å². The highest BCUT2D eigenvalue weighted by Crippen LogP contribution is 2.26. The number of nitrogens with zero attached hydrogens (tertiary/aromatic N) is 1. The minimum atomic E-state index is -0.743. The monoisotopic (exact) mass is 268 g/mol. The molecule has 1 unspecified atom stereocenters. The van der Waals surface area contributed by atoms with Crippen LogP contribution >= 0.6 is 0 Å². The number of carbonyl (C=O) groups is 2. The third-order valence-electron chi connectivity index (χ3n) is 3.76. The van der Waals surface area contributed by atoms with E-state index in [9.17, 15) is 9.59 Å². The molecule has 1 rings (SSSR count). The zero-order valence-corrected chi connectivity index (χ0v) is 13.2. The number of nitrogens with one attached hydrogen (secondary N) is 1. The summed E-state index contributed by atoms with van der Waals surface area (Å²) in [6.07, 6.45) is 2.51. The fraction of sp³-hybridized carbons (Fsp3) is 0.867. The van der Waals surface area contributed by atoms with Gasteiger partial charge in [-0.25, -0.2) is 0 Å². The quantitative estimate of drug-likeness (QED) is 0.850. The fourth-order valence-corrected chi connectivity index (χ4v) is 2.30. The highest BCUT2D eigenvalue weighted by Gasteiger charge is 2.45. The molecule has 0 aromatic carbocycles. The molecule has 1 saturated heterocycles. The summed E-state index contributed by atoms with van der Waals surface area (Å²) in [4.78, 5) is 26.4. The maximum atomic E-state index is 12.5. The molecular formula is C15H28N2O2. The zero-order chi connectivity index (χ0) is 14.8. The van der Waals surface area contributed by atoms with Crippen LogP contribution in [0.4, 0.5) is 0 Å². The van der Waals surface area contributed by atoms with Gasteiger partial charge in [-0.05, 0) is 32.1 Å². The first kappa shape index (κ1) is 16.0. The van der Waals surface area contributed by atoms with Crippen molar-refractivity contribution < 1.29 is 9.59 Å². The van der Waals surface area contributed by atoms with Crippen molar-refractivity contribution in [2.75, 3.05) is 6.54 Å². The molecule has 0 saturated carbocycles. The van der Waals surface area contributed by atoms with Crippen LogP contribution in [0.5, 0.6) is 0 Å². The highest BCUT2D eigenvalue weighted by atomic mass is 16.2. The van der Waals surface area contributed by atoms with Crippen molar-refractivity contribution in [1.82, 2.24) is 10.2 Å². The Morgan fingerprint density at radius 1 is 1.26 bits per heavy atom. The standard InChI is InChI=1S/C15H28N2O2/c1-7-8-11-12(18)17(10-9-14(2,3)4)15(5,6)13(19)16-11/h11H,7-10H2,1-6H3,(H,16,19). The normalized spacial score (nSPS) is 23.5. The van der Waals surface area contributed by atoms with Crippen molar-refractivity contribution in [3.8, 4) is 0 Å². The summed E-state index contributed by atoms with van der Waals surface area (Å²) in [7, 11) is 0. The Morgan fingerprint density at radius 2 is 1.84 bits per heavy atom. The lowest BCUT2D eigenvalue weighted by molar-refractivity contribution is -0.155. The summed E-state index contributed by atoms with van der Waals surface area (Å²) in [5.74, 6) is 0.0233. The maximum absolute atomic E-state index is 12.5. The summed E-state index contributed by atoms with van der Waals surface area (Å²) >= 11 is 0. The molecule has 1 atom stereocenters. The average Bonchev–Trinajstić information content (AvgIpc) is 2.24. The first-order valence-electron chi connectivity index (χ1n) is 7.22. The Balaban J connectivity index is 2.88. The molecule has 0 aromatic rings. The second-order valence-corrected chi connectivity index (χ2v) is 7.17. The van der Waals surface area contributed by atoms with Crippen LogP contribution in [0.25, 0.3) is 0 Å². The van der Waals surface area contributed by atoms with Gasteiger partial charge in [0.25, 0.3) is 0 Å². The molecule has 1 fully saturated rings. The predicted molar refractivity (Wildman–Crippen MR) is 76.7 cm³/mol. The van der Waals surface area contributed by atoms with Crippen LogP contribution in [0.3, 0.4) is 0 Å². The molecule has 2 amide bonds. The van der Waals surface area contributed by atoms with Gasteiger partial charge < -0.3 is 10.2 Å². The Kier molecular flexibility index (Phi) is 4.64. The Morgan fingerprint density at radius 3 is 2.32 bits per heavy atom. The zero-order valence-electron chi connectivity index (χ0n) is 13.2. The van der Waals surface area contributed by atoms with Gasteiger partial charge in [-0.3, -0.25) is 9.59 Å². The summed E-state index contributed by atoms with van der Waals surface area (Å²) in [6, 6.07) is -0.342. The van der Waals surface area contributed by atoms with Gasteiger partial charge in [0.15, 0.2) is 0 Å². The van der Waals surface area contributed by atoms with Crippen LogP contribution in [0.1, 0.15) is 60.8 Å². The van der Waals surface area contributed by atoms with Crippen LogP contribution in [-0.2, 0) is 9.59 Å². The van der Waals surface area contributed by atoms with Crippen molar-refractivity contribution >= 4 is 11.8 Å². The molecule has 0 spiro atoms. The highest BCUT2D eigenvalue weighted by molar-refractivity contribution is 5.99. The molecule has 0 aliphatic carbocycles. The molecular weight excluding hydrogens is 240 g/mol.